The van der Waals surface area contributed by atoms with Crippen LogP contribution in [0.15, 0.2) is 78.4 Å². The van der Waals surface area contributed by atoms with Crippen LogP contribution in [0.4, 0.5) is 17.2 Å². The second kappa shape index (κ2) is 7.95. The fraction of sp³-hybridized carbons (Fsp3) is 0.0435. The highest BCUT2D eigenvalue weighted by atomic mass is 32.1. The first-order chi connectivity index (χ1) is 15.2. The minimum atomic E-state index is 0.684. The molecule has 5 aromatic rings. The molecule has 0 saturated heterocycles. The summed E-state index contributed by atoms with van der Waals surface area (Å²) in [5.41, 5.74) is 4.22. The van der Waals surface area contributed by atoms with Crippen molar-refractivity contribution in [1.29, 1.82) is 0 Å². The molecule has 0 fully saturated rings. The van der Waals surface area contributed by atoms with Gasteiger partial charge in [0.15, 0.2) is 0 Å². The van der Waals surface area contributed by atoms with Gasteiger partial charge in [-0.2, -0.15) is 4.99 Å². The highest BCUT2D eigenvalue weighted by molar-refractivity contribution is 7.78. The van der Waals surface area contributed by atoms with Gasteiger partial charge in [-0.25, -0.2) is 15.0 Å². The number of nitrogens with one attached hydrogen (secondary N) is 1. The third-order valence-corrected chi connectivity index (χ3v) is 4.92. The Balaban J connectivity index is 1.42. The molecule has 7 nitrogen and oxygen atoms in total. The smallest absolute Gasteiger partial charge is 0.141 e. The topological polar surface area (TPSA) is 76.7 Å². The number of isothiocyanates is 1. The summed E-state index contributed by atoms with van der Waals surface area (Å²) in [5.74, 6) is 2.19. The molecule has 0 amide bonds. The van der Waals surface area contributed by atoms with Crippen LogP contribution in [0.2, 0.25) is 0 Å². The molecule has 0 bridgehead atoms. The third-order valence-electron chi connectivity index (χ3n) is 4.83. The maximum Gasteiger partial charge on any atom is 0.141 e. The predicted octanol–water partition coefficient (Wildman–Crippen LogP) is 5.86. The van der Waals surface area contributed by atoms with Gasteiger partial charge in [-0.15, -0.1) is 0 Å². The Labute approximate surface area is 183 Å². The van der Waals surface area contributed by atoms with E-state index in [4.69, 9.17) is 17.0 Å². The monoisotopic (exact) mass is 424 g/mol. The first kappa shape index (κ1) is 18.9. The van der Waals surface area contributed by atoms with Crippen molar-refractivity contribution in [2.45, 2.75) is 6.92 Å². The number of hydrogen-bond donors (Lipinski definition) is 1. The normalized spacial score (nSPS) is 10.7. The molecule has 3 aromatic heterocycles. The maximum absolute atomic E-state index is 6.07. The standard InChI is InChI=1S/C23H16N6OS/c1-15-10-17(3-5-21(15)30-18-6-8-29-9-7-24-22(29)12-18)28-23-19-11-16(27-14-31)2-4-20(19)25-13-26-23/h2-13H,1H3,(H,25,26,28). The number of anilines is 2. The van der Waals surface area contributed by atoms with Gasteiger partial charge in [-0.05, 0) is 67.2 Å². The van der Waals surface area contributed by atoms with Crippen LogP contribution in [0.5, 0.6) is 11.5 Å². The number of aliphatic imine (C=N–C) groups is 1. The number of benzene rings is 2. The number of aromatic nitrogens is 4. The maximum atomic E-state index is 6.07. The highest BCUT2D eigenvalue weighted by Crippen LogP contribution is 2.31. The lowest BCUT2D eigenvalue weighted by molar-refractivity contribution is 0.478. The fourth-order valence-electron chi connectivity index (χ4n) is 3.33. The zero-order chi connectivity index (χ0) is 21.2. The Morgan fingerprint density at radius 2 is 1.97 bits per heavy atom. The van der Waals surface area contributed by atoms with Gasteiger partial charge in [-0.1, -0.05) is 0 Å². The molecule has 0 spiro atoms. The minimum absolute atomic E-state index is 0.684. The van der Waals surface area contributed by atoms with Gasteiger partial charge in [0.2, 0.25) is 0 Å². The van der Waals surface area contributed by atoms with Crippen molar-refractivity contribution in [3.63, 3.8) is 0 Å². The Bertz CT molecular complexity index is 1470. The largest absolute Gasteiger partial charge is 0.457 e. The lowest BCUT2D eigenvalue weighted by Crippen LogP contribution is -1.97. The second-order valence-corrected chi connectivity index (χ2v) is 7.07. The quantitative estimate of drug-likeness (QED) is 0.281. The third kappa shape index (κ3) is 3.85. The number of hydrogen-bond acceptors (Lipinski definition) is 7. The van der Waals surface area contributed by atoms with Crippen molar-refractivity contribution in [2.24, 2.45) is 4.99 Å². The van der Waals surface area contributed by atoms with Crippen LogP contribution < -0.4 is 10.1 Å². The zero-order valence-electron chi connectivity index (χ0n) is 16.5. The molecule has 31 heavy (non-hydrogen) atoms. The van der Waals surface area contributed by atoms with Crippen molar-refractivity contribution in [2.75, 3.05) is 5.32 Å². The van der Waals surface area contributed by atoms with Crippen LogP contribution in [-0.2, 0) is 0 Å². The first-order valence-corrected chi connectivity index (χ1v) is 9.91. The van der Waals surface area contributed by atoms with E-state index in [1.54, 1.807) is 6.20 Å². The van der Waals surface area contributed by atoms with Crippen LogP contribution in [0, 0.1) is 6.92 Å². The van der Waals surface area contributed by atoms with Crippen LogP contribution in [0.3, 0.4) is 0 Å². The molecule has 0 saturated carbocycles. The summed E-state index contributed by atoms with van der Waals surface area (Å²) in [6.45, 7) is 2.00. The van der Waals surface area contributed by atoms with E-state index in [1.165, 1.54) is 6.33 Å². The number of pyridine rings is 1. The van der Waals surface area contributed by atoms with Crippen molar-refractivity contribution in [3.8, 4) is 11.5 Å². The van der Waals surface area contributed by atoms with Gasteiger partial charge in [0.05, 0.1) is 16.4 Å². The van der Waals surface area contributed by atoms with E-state index in [-0.39, 0.29) is 0 Å². The fourth-order valence-corrected chi connectivity index (χ4v) is 3.43. The summed E-state index contributed by atoms with van der Waals surface area (Å²) in [6.07, 6.45) is 7.10. The van der Waals surface area contributed by atoms with E-state index < -0.39 is 0 Å². The van der Waals surface area contributed by atoms with E-state index >= 15 is 0 Å². The highest BCUT2D eigenvalue weighted by Gasteiger charge is 2.08. The first-order valence-electron chi connectivity index (χ1n) is 9.50. The molecule has 8 heteroatoms. The number of rotatable bonds is 5. The number of aryl methyl sites for hydroxylation is 1. The van der Waals surface area contributed by atoms with Crippen molar-refractivity contribution >= 4 is 51.1 Å². The molecule has 0 atom stereocenters. The molecule has 0 aliphatic carbocycles. The predicted molar refractivity (Wildman–Crippen MR) is 124 cm³/mol. The van der Waals surface area contributed by atoms with Crippen LogP contribution >= 0.6 is 12.2 Å². The lowest BCUT2D eigenvalue weighted by Gasteiger charge is -2.13. The second-order valence-electron chi connectivity index (χ2n) is 6.89. The molecular formula is C23H16N6OS. The summed E-state index contributed by atoms with van der Waals surface area (Å²) in [5, 5.41) is 6.60. The lowest BCUT2D eigenvalue weighted by atomic mass is 10.1. The number of imidazole rings is 1. The van der Waals surface area contributed by atoms with E-state index in [1.807, 2.05) is 72.2 Å². The summed E-state index contributed by atoms with van der Waals surface area (Å²) in [6, 6.07) is 15.3. The van der Waals surface area contributed by atoms with Crippen LogP contribution in [0.1, 0.15) is 5.56 Å². The minimum Gasteiger partial charge on any atom is -0.457 e. The van der Waals surface area contributed by atoms with E-state index in [0.29, 0.717) is 11.5 Å². The van der Waals surface area contributed by atoms with Gasteiger partial charge >= 0.3 is 0 Å². The summed E-state index contributed by atoms with van der Waals surface area (Å²) in [7, 11) is 0. The van der Waals surface area contributed by atoms with E-state index in [0.717, 1.165) is 39.3 Å². The molecule has 5 rings (SSSR count). The molecule has 1 N–H and O–H groups in total. The summed E-state index contributed by atoms with van der Waals surface area (Å²) >= 11 is 4.71. The van der Waals surface area contributed by atoms with Crippen molar-refractivity contribution in [3.05, 3.63) is 79.0 Å². The van der Waals surface area contributed by atoms with E-state index in [2.05, 4.69) is 30.4 Å². The Hall–Kier alpha value is -4.13. The average Bonchev–Trinajstić information content (AvgIpc) is 3.24. The van der Waals surface area contributed by atoms with Gasteiger partial charge < -0.3 is 14.5 Å². The molecular weight excluding hydrogens is 408 g/mol. The Morgan fingerprint density at radius 1 is 1.03 bits per heavy atom. The van der Waals surface area contributed by atoms with Crippen molar-refractivity contribution in [1.82, 2.24) is 19.4 Å². The van der Waals surface area contributed by atoms with Gasteiger partial charge in [0.25, 0.3) is 0 Å². The number of thiocarbonyl (C=S) groups is 1. The number of nitrogens with zero attached hydrogens (tertiary/aromatic N) is 5. The molecule has 3 heterocycles. The summed E-state index contributed by atoms with van der Waals surface area (Å²) < 4.78 is 8.00. The molecule has 0 radical (unpaired) electrons. The van der Waals surface area contributed by atoms with Gasteiger partial charge in [-0.3, -0.25) is 0 Å². The molecule has 150 valence electrons. The van der Waals surface area contributed by atoms with Gasteiger partial charge in [0.1, 0.15) is 29.3 Å². The Kier molecular flexibility index (Phi) is 4.84. The van der Waals surface area contributed by atoms with Crippen LogP contribution in [-0.4, -0.2) is 24.5 Å². The summed E-state index contributed by atoms with van der Waals surface area (Å²) in [4.78, 5) is 17.0. The number of fused-ring (bicyclic) bond motifs is 2. The molecule has 0 aliphatic heterocycles. The average molecular weight is 424 g/mol. The van der Waals surface area contributed by atoms with Gasteiger partial charge in [0, 0.05) is 35.7 Å². The van der Waals surface area contributed by atoms with Crippen molar-refractivity contribution < 1.29 is 4.74 Å². The van der Waals surface area contributed by atoms with E-state index in [9.17, 15) is 0 Å². The number of ether oxygens (including phenoxy) is 1. The molecule has 2 aromatic carbocycles. The zero-order valence-corrected chi connectivity index (χ0v) is 17.3. The molecule has 0 aliphatic rings. The van der Waals surface area contributed by atoms with Crippen LogP contribution in [0.25, 0.3) is 16.6 Å². The SMILES string of the molecule is Cc1cc(Nc2ncnc3ccc(N=C=S)cc23)ccc1Oc1ccn2ccnc2c1. The molecule has 0 unspecified atom stereocenters. The Morgan fingerprint density at radius 3 is 2.84 bits per heavy atom.